The van der Waals surface area contributed by atoms with Gasteiger partial charge in [-0.2, -0.15) is 0 Å². The van der Waals surface area contributed by atoms with E-state index >= 15 is 0 Å². The van der Waals surface area contributed by atoms with Crippen LogP contribution in [0.25, 0.3) is 0 Å². The molecule has 1 amide bonds. The van der Waals surface area contributed by atoms with Crippen molar-refractivity contribution < 1.29 is 19.1 Å². The number of hydrogen-bond donors (Lipinski definition) is 2. The average Bonchev–Trinajstić information content (AvgIpc) is 2.51. The first-order valence-corrected chi connectivity index (χ1v) is 7.27. The summed E-state index contributed by atoms with van der Waals surface area (Å²) < 4.78 is 10.9. The fourth-order valence-corrected chi connectivity index (χ4v) is 2.35. The Labute approximate surface area is 128 Å². The summed E-state index contributed by atoms with van der Waals surface area (Å²) in [6, 6.07) is 5.14. The van der Waals surface area contributed by atoms with Crippen LogP contribution in [0.15, 0.2) is 29.7 Å². The first-order valence-electron chi connectivity index (χ1n) is 7.27. The Hall–Kier alpha value is -2.50. The first kappa shape index (κ1) is 14.4. The van der Waals surface area contributed by atoms with Crippen LogP contribution in [0, 0.1) is 5.92 Å². The van der Waals surface area contributed by atoms with E-state index in [4.69, 9.17) is 9.47 Å². The van der Waals surface area contributed by atoms with E-state index in [0.717, 1.165) is 5.56 Å². The molecule has 0 radical (unpaired) electrons. The number of nitrogens with one attached hydrogen (secondary N) is 2. The van der Waals surface area contributed by atoms with Crippen molar-refractivity contribution in [2.75, 3.05) is 13.3 Å². The minimum atomic E-state index is -0.359. The van der Waals surface area contributed by atoms with Crippen molar-refractivity contribution in [3.63, 3.8) is 0 Å². The lowest BCUT2D eigenvalue weighted by atomic mass is 9.99. The van der Waals surface area contributed by atoms with Crippen LogP contribution < -0.4 is 15.4 Å². The number of hydrogen-bond acceptors (Lipinski definition) is 5. The second-order valence-electron chi connectivity index (χ2n) is 5.76. The molecule has 0 saturated heterocycles. The van der Waals surface area contributed by atoms with Crippen LogP contribution in [0.4, 0.5) is 0 Å². The Kier molecular flexibility index (Phi) is 3.75. The zero-order valence-corrected chi connectivity index (χ0v) is 12.6. The van der Waals surface area contributed by atoms with Crippen LogP contribution in [0.3, 0.4) is 0 Å². The Morgan fingerprint density at radius 3 is 2.95 bits per heavy atom. The van der Waals surface area contributed by atoms with E-state index in [1.165, 1.54) is 0 Å². The molecular formula is C16H18N2O4. The summed E-state index contributed by atoms with van der Waals surface area (Å²) in [5.74, 6) is 0.928. The summed E-state index contributed by atoms with van der Waals surface area (Å²) in [5, 5.41) is 5.70. The lowest BCUT2D eigenvalue weighted by Crippen LogP contribution is -2.44. The summed E-state index contributed by atoms with van der Waals surface area (Å²) in [5.41, 5.74) is 1.82. The molecule has 1 aromatic carbocycles. The molecule has 0 aromatic heterocycles. The number of benzene rings is 1. The van der Waals surface area contributed by atoms with Crippen molar-refractivity contribution in [3.05, 3.63) is 40.8 Å². The molecule has 2 N–H and O–H groups in total. The third-order valence-electron chi connectivity index (χ3n) is 3.47. The highest BCUT2D eigenvalue weighted by Gasteiger charge is 2.28. The van der Waals surface area contributed by atoms with Gasteiger partial charge in [-0.25, -0.2) is 4.79 Å². The lowest BCUT2D eigenvalue weighted by molar-refractivity contribution is -0.118. The molecule has 2 aliphatic heterocycles. The Morgan fingerprint density at radius 1 is 1.36 bits per heavy atom. The van der Waals surface area contributed by atoms with Crippen molar-refractivity contribution >= 4 is 11.9 Å². The molecule has 6 heteroatoms. The fourth-order valence-electron chi connectivity index (χ4n) is 2.35. The topological polar surface area (TPSA) is 76.7 Å². The summed E-state index contributed by atoms with van der Waals surface area (Å²) in [7, 11) is 0. The number of ether oxygens (including phenoxy) is 2. The van der Waals surface area contributed by atoms with Gasteiger partial charge in [0.2, 0.25) is 5.88 Å². The zero-order valence-electron chi connectivity index (χ0n) is 12.6. The molecule has 0 unspecified atom stereocenters. The Balaban J connectivity index is 1.81. The summed E-state index contributed by atoms with van der Waals surface area (Å²) in [6.45, 7) is 4.70. The highest BCUT2D eigenvalue weighted by atomic mass is 16.5. The van der Waals surface area contributed by atoms with Crippen LogP contribution in [0.5, 0.6) is 5.75 Å². The van der Waals surface area contributed by atoms with Crippen molar-refractivity contribution in [3.8, 4) is 5.75 Å². The molecular weight excluding hydrogens is 284 g/mol. The van der Waals surface area contributed by atoms with Gasteiger partial charge in [0.25, 0.3) is 5.91 Å². The normalized spacial score (nSPS) is 16.2. The van der Waals surface area contributed by atoms with Crippen LogP contribution >= 0.6 is 0 Å². The number of amides is 1. The molecule has 0 saturated carbocycles. The van der Waals surface area contributed by atoms with Gasteiger partial charge in [-0.1, -0.05) is 13.8 Å². The SMILES string of the molecule is CC(C)COC(=O)c1ccc2c(c1)CC1=C(NCNC1=O)O2. The second-order valence-corrected chi connectivity index (χ2v) is 5.76. The number of carbonyl (C=O) groups excluding carboxylic acids is 2. The number of fused-ring (bicyclic) bond motifs is 1. The van der Waals surface area contributed by atoms with E-state index in [2.05, 4.69) is 10.6 Å². The molecule has 22 heavy (non-hydrogen) atoms. The largest absolute Gasteiger partial charge is 0.462 e. The summed E-state index contributed by atoms with van der Waals surface area (Å²) in [6.07, 6.45) is 0.425. The highest BCUT2D eigenvalue weighted by molar-refractivity contribution is 5.96. The third-order valence-corrected chi connectivity index (χ3v) is 3.47. The van der Waals surface area contributed by atoms with Gasteiger partial charge in [0.15, 0.2) is 0 Å². The highest BCUT2D eigenvalue weighted by Crippen LogP contribution is 2.31. The van der Waals surface area contributed by atoms with Crippen molar-refractivity contribution in [1.82, 2.24) is 10.6 Å². The molecule has 0 aliphatic carbocycles. The van der Waals surface area contributed by atoms with Crippen molar-refractivity contribution in [1.29, 1.82) is 0 Å². The first-order chi connectivity index (χ1) is 10.5. The van der Waals surface area contributed by atoms with Crippen molar-refractivity contribution in [2.24, 2.45) is 5.92 Å². The van der Waals surface area contributed by atoms with Crippen LogP contribution in [-0.2, 0) is 16.0 Å². The molecule has 2 heterocycles. The standard InChI is InChI=1S/C16H18N2O4/c1-9(2)7-21-16(20)10-3-4-13-11(5-10)6-12-14(19)17-8-18-15(12)22-13/h3-5,9,18H,6-8H2,1-2H3,(H,17,19). The Bertz CT molecular complexity index is 664. The molecule has 1 aromatic rings. The molecule has 0 atom stereocenters. The van der Waals surface area contributed by atoms with Crippen LogP contribution in [0.2, 0.25) is 0 Å². The fraction of sp³-hybridized carbons (Fsp3) is 0.375. The third kappa shape index (κ3) is 2.77. The van der Waals surface area contributed by atoms with E-state index in [9.17, 15) is 9.59 Å². The van der Waals surface area contributed by atoms with Crippen LogP contribution in [-0.4, -0.2) is 25.2 Å². The van der Waals surface area contributed by atoms with Gasteiger partial charge in [0.05, 0.1) is 24.4 Å². The van der Waals surface area contributed by atoms with Gasteiger partial charge in [0.1, 0.15) is 5.75 Å². The van der Waals surface area contributed by atoms with Gasteiger partial charge in [0, 0.05) is 12.0 Å². The van der Waals surface area contributed by atoms with E-state index in [1.54, 1.807) is 18.2 Å². The maximum Gasteiger partial charge on any atom is 0.338 e. The zero-order chi connectivity index (χ0) is 15.7. The number of rotatable bonds is 3. The van der Waals surface area contributed by atoms with Crippen LogP contribution in [0.1, 0.15) is 29.8 Å². The maximum atomic E-state index is 12.0. The molecule has 0 bridgehead atoms. The average molecular weight is 302 g/mol. The lowest BCUT2D eigenvalue weighted by Gasteiger charge is -2.27. The Morgan fingerprint density at radius 2 is 2.18 bits per heavy atom. The minimum Gasteiger partial charge on any atom is -0.462 e. The molecule has 6 nitrogen and oxygen atoms in total. The predicted octanol–water partition coefficient (Wildman–Crippen LogP) is 1.32. The second kappa shape index (κ2) is 5.71. The van der Waals surface area contributed by atoms with E-state index in [1.807, 2.05) is 13.8 Å². The van der Waals surface area contributed by atoms with Crippen molar-refractivity contribution in [2.45, 2.75) is 20.3 Å². The quantitative estimate of drug-likeness (QED) is 0.824. The monoisotopic (exact) mass is 302 g/mol. The summed E-state index contributed by atoms with van der Waals surface area (Å²) in [4.78, 5) is 23.9. The van der Waals surface area contributed by atoms with E-state index in [0.29, 0.717) is 42.5 Å². The van der Waals surface area contributed by atoms with Gasteiger partial charge in [-0.15, -0.1) is 0 Å². The predicted molar refractivity (Wildman–Crippen MR) is 79.1 cm³/mol. The molecule has 0 fully saturated rings. The van der Waals surface area contributed by atoms with E-state index < -0.39 is 0 Å². The molecule has 116 valence electrons. The van der Waals surface area contributed by atoms with Gasteiger partial charge in [-0.3, -0.25) is 4.79 Å². The number of esters is 1. The summed E-state index contributed by atoms with van der Waals surface area (Å²) >= 11 is 0. The number of carbonyl (C=O) groups is 2. The van der Waals surface area contributed by atoms with Gasteiger partial charge >= 0.3 is 5.97 Å². The molecule has 2 aliphatic rings. The molecule has 3 rings (SSSR count). The molecule has 0 spiro atoms. The van der Waals surface area contributed by atoms with E-state index in [-0.39, 0.29) is 17.8 Å². The maximum absolute atomic E-state index is 12.0. The van der Waals surface area contributed by atoms with Gasteiger partial charge in [-0.05, 0) is 24.1 Å². The smallest absolute Gasteiger partial charge is 0.338 e. The van der Waals surface area contributed by atoms with Gasteiger partial charge < -0.3 is 20.1 Å². The minimum absolute atomic E-state index is 0.146.